The Bertz CT molecular complexity index is 812. The van der Waals surface area contributed by atoms with Crippen molar-refractivity contribution in [1.29, 1.82) is 0 Å². The van der Waals surface area contributed by atoms with Crippen LogP contribution in [0.25, 0.3) is 0 Å². The summed E-state index contributed by atoms with van der Waals surface area (Å²) in [4.78, 5) is 4.13. The van der Waals surface area contributed by atoms with Gasteiger partial charge in [0.25, 0.3) is 0 Å². The maximum atomic E-state index is 6.19. The van der Waals surface area contributed by atoms with Gasteiger partial charge >= 0.3 is 0 Å². The summed E-state index contributed by atoms with van der Waals surface area (Å²) in [7, 11) is 0. The molecule has 1 aromatic heterocycles. The Kier molecular flexibility index (Phi) is 6.88. The van der Waals surface area contributed by atoms with Crippen LogP contribution in [0.2, 0.25) is 5.02 Å². The van der Waals surface area contributed by atoms with Crippen molar-refractivity contribution in [1.82, 2.24) is 10.3 Å². The molecule has 3 rings (SSSR count). The first-order valence-corrected chi connectivity index (χ1v) is 8.89. The van der Waals surface area contributed by atoms with Crippen LogP contribution < -0.4 is 14.8 Å². The Morgan fingerprint density at radius 2 is 1.62 bits per heavy atom. The average molecular weight is 369 g/mol. The highest BCUT2D eigenvalue weighted by atomic mass is 35.5. The van der Waals surface area contributed by atoms with E-state index in [2.05, 4.69) is 16.4 Å². The van der Waals surface area contributed by atoms with Gasteiger partial charge in [0.15, 0.2) is 0 Å². The molecule has 1 N–H and O–H groups in total. The smallest absolute Gasteiger partial charge is 0.213 e. The summed E-state index contributed by atoms with van der Waals surface area (Å²) in [6.07, 6.45) is 1.72. The summed E-state index contributed by atoms with van der Waals surface area (Å²) in [5.41, 5.74) is 2.07. The minimum atomic E-state index is 0.444. The van der Waals surface area contributed by atoms with Gasteiger partial charge in [0, 0.05) is 41.5 Å². The maximum absolute atomic E-state index is 6.19. The first-order chi connectivity index (χ1) is 12.8. The number of para-hydroxylation sites is 1. The Morgan fingerprint density at radius 3 is 2.42 bits per heavy atom. The molecule has 0 aliphatic rings. The van der Waals surface area contributed by atoms with Crippen LogP contribution in [0, 0.1) is 0 Å². The third kappa shape index (κ3) is 5.48. The monoisotopic (exact) mass is 368 g/mol. The Balaban J connectivity index is 1.47. The van der Waals surface area contributed by atoms with Gasteiger partial charge in [-0.15, -0.1) is 0 Å². The molecule has 26 heavy (non-hydrogen) atoms. The van der Waals surface area contributed by atoms with Gasteiger partial charge in [-0.25, -0.2) is 4.98 Å². The molecule has 3 aromatic rings. The predicted molar refractivity (Wildman–Crippen MR) is 104 cm³/mol. The fraction of sp³-hybridized carbons (Fsp3) is 0.190. The van der Waals surface area contributed by atoms with Gasteiger partial charge < -0.3 is 14.8 Å². The average Bonchev–Trinajstić information content (AvgIpc) is 2.69. The van der Waals surface area contributed by atoms with Crippen molar-refractivity contribution < 1.29 is 9.47 Å². The van der Waals surface area contributed by atoms with Crippen LogP contribution >= 0.6 is 11.6 Å². The summed E-state index contributed by atoms with van der Waals surface area (Å²) < 4.78 is 11.5. The lowest BCUT2D eigenvalue weighted by molar-refractivity contribution is 0.295. The summed E-state index contributed by atoms with van der Waals surface area (Å²) in [6, 6.07) is 21.3. The van der Waals surface area contributed by atoms with Gasteiger partial charge in [0.05, 0.1) is 0 Å². The molecule has 2 aromatic carbocycles. The van der Waals surface area contributed by atoms with E-state index in [9.17, 15) is 0 Å². The van der Waals surface area contributed by atoms with E-state index in [-0.39, 0.29) is 0 Å². The minimum Gasteiger partial charge on any atom is -0.489 e. The Labute approximate surface area is 158 Å². The number of nitrogens with zero attached hydrogens (tertiary/aromatic N) is 1. The highest BCUT2D eigenvalue weighted by Crippen LogP contribution is 2.21. The van der Waals surface area contributed by atoms with Crippen molar-refractivity contribution in [3.05, 3.63) is 89.1 Å². The summed E-state index contributed by atoms with van der Waals surface area (Å²) >= 11 is 6.19. The zero-order valence-corrected chi connectivity index (χ0v) is 15.2. The first kappa shape index (κ1) is 18.2. The van der Waals surface area contributed by atoms with E-state index in [0.29, 0.717) is 25.6 Å². The largest absolute Gasteiger partial charge is 0.489 e. The molecular weight excluding hydrogens is 348 g/mol. The summed E-state index contributed by atoms with van der Waals surface area (Å²) in [5.74, 6) is 1.49. The standard InChI is InChI=1S/C21H21ClN2O2/c22-19-9-3-1-8-18(19)16-26-20-10-4-2-7-17(20)15-23-13-14-25-21-11-5-6-12-24-21/h1-12,23H,13-16H2. The second-order valence-corrected chi connectivity index (χ2v) is 6.09. The van der Waals surface area contributed by atoms with Crippen LogP contribution in [-0.4, -0.2) is 18.1 Å². The number of nitrogens with one attached hydrogen (secondary N) is 1. The van der Waals surface area contributed by atoms with Crippen molar-refractivity contribution in [3.63, 3.8) is 0 Å². The van der Waals surface area contributed by atoms with Gasteiger partial charge in [-0.05, 0) is 18.2 Å². The third-order valence-corrected chi connectivity index (χ3v) is 4.16. The number of halogens is 1. The summed E-state index contributed by atoms with van der Waals surface area (Å²) in [5, 5.41) is 4.08. The molecule has 1 heterocycles. The van der Waals surface area contributed by atoms with E-state index >= 15 is 0 Å². The van der Waals surface area contributed by atoms with Crippen molar-refractivity contribution in [3.8, 4) is 11.6 Å². The van der Waals surface area contributed by atoms with E-state index in [1.54, 1.807) is 6.20 Å². The zero-order valence-electron chi connectivity index (χ0n) is 14.4. The van der Waals surface area contributed by atoms with Gasteiger partial charge in [-0.1, -0.05) is 54.1 Å². The highest BCUT2D eigenvalue weighted by molar-refractivity contribution is 6.31. The summed E-state index contributed by atoms with van der Waals surface area (Å²) in [6.45, 7) is 2.42. The maximum Gasteiger partial charge on any atom is 0.213 e. The van der Waals surface area contributed by atoms with Crippen LogP contribution in [0.4, 0.5) is 0 Å². The molecule has 0 amide bonds. The zero-order chi connectivity index (χ0) is 18.0. The van der Waals surface area contributed by atoms with Gasteiger partial charge in [0.2, 0.25) is 5.88 Å². The molecular formula is C21H21ClN2O2. The van der Waals surface area contributed by atoms with Crippen molar-refractivity contribution in [2.24, 2.45) is 0 Å². The molecule has 0 saturated carbocycles. The second-order valence-electron chi connectivity index (χ2n) is 5.68. The normalized spacial score (nSPS) is 10.5. The van der Waals surface area contributed by atoms with Crippen LogP contribution in [-0.2, 0) is 13.2 Å². The number of hydrogen-bond acceptors (Lipinski definition) is 4. The molecule has 0 fully saturated rings. The fourth-order valence-corrected chi connectivity index (χ4v) is 2.64. The molecule has 0 spiro atoms. The lowest BCUT2D eigenvalue weighted by Gasteiger charge is -2.13. The third-order valence-electron chi connectivity index (χ3n) is 3.80. The first-order valence-electron chi connectivity index (χ1n) is 8.51. The molecule has 0 saturated heterocycles. The quantitative estimate of drug-likeness (QED) is 0.565. The van der Waals surface area contributed by atoms with E-state index in [1.807, 2.05) is 60.7 Å². The molecule has 0 bridgehead atoms. The molecule has 134 valence electrons. The number of rotatable bonds is 9. The topological polar surface area (TPSA) is 43.4 Å². The fourth-order valence-electron chi connectivity index (χ4n) is 2.44. The van der Waals surface area contributed by atoms with Crippen LogP contribution in [0.1, 0.15) is 11.1 Å². The van der Waals surface area contributed by atoms with Crippen LogP contribution in [0.15, 0.2) is 72.9 Å². The van der Waals surface area contributed by atoms with Crippen LogP contribution in [0.3, 0.4) is 0 Å². The highest BCUT2D eigenvalue weighted by Gasteiger charge is 2.05. The predicted octanol–water partition coefficient (Wildman–Crippen LogP) is 4.48. The Morgan fingerprint density at radius 1 is 0.846 bits per heavy atom. The number of hydrogen-bond donors (Lipinski definition) is 1. The molecule has 0 aliphatic heterocycles. The van der Waals surface area contributed by atoms with Gasteiger partial charge in [0.1, 0.15) is 19.0 Å². The van der Waals surface area contributed by atoms with Crippen molar-refractivity contribution in [2.75, 3.05) is 13.2 Å². The van der Waals surface area contributed by atoms with E-state index in [0.717, 1.165) is 28.4 Å². The lowest BCUT2D eigenvalue weighted by atomic mass is 10.2. The van der Waals surface area contributed by atoms with Crippen molar-refractivity contribution >= 4 is 11.6 Å². The molecule has 5 heteroatoms. The molecule has 0 atom stereocenters. The number of aromatic nitrogens is 1. The molecule has 0 unspecified atom stereocenters. The number of ether oxygens (including phenoxy) is 2. The van der Waals surface area contributed by atoms with Gasteiger partial charge in [-0.2, -0.15) is 0 Å². The molecule has 0 radical (unpaired) electrons. The van der Waals surface area contributed by atoms with Crippen LogP contribution in [0.5, 0.6) is 11.6 Å². The van der Waals surface area contributed by atoms with Crippen molar-refractivity contribution in [2.45, 2.75) is 13.2 Å². The SMILES string of the molecule is Clc1ccccc1COc1ccccc1CNCCOc1ccccn1. The van der Waals surface area contributed by atoms with E-state index in [4.69, 9.17) is 21.1 Å². The second kappa shape index (κ2) is 9.80. The number of benzene rings is 2. The van der Waals surface area contributed by atoms with E-state index < -0.39 is 0 Å². The Hall–Kier alpha value is -2.56. The molecule has 0 aliphatic carbocycles. The van der Waals surface area contributed by atoms with Gasteiger partial charge in [-0.3, -0.25) is 0 Å². The minimum absolute atomic E-state index is 0.444. The lowest BCUT2D eigenvalue weighted by Crippen LogP contribution is -2.21. The number of pyridine rings is 1. The molecule has 4 nitrogen and oxygen atoms in total. The van der Waals surface area contributed by atoms with E-state index in [1.165, 1.54) is 0 Å².